The molecule has 0 atom stereocenters. The number of nitrogens with zero attached hydrogens (tertiary/aromatic N) is 2. The van der Waals surface area contributed by atoms with Crippen molar-refractivity contribution >= 4 is 27.3 Å². The first kappa shape index (κ1) is 16.8. The summed E-state index contributed by atoms with van der Waals surface area (Å²) in [5.74, 6) is -0.254. The number of carbonyl (C=O) groups is 1. The second kappa shape index (κ2) is 6.11. The Bertz CT molecular complexity index is 961. The predicted molar refractivity (Wildman–Crippen MR) is 86.6 cm³/mol. The Balaban J connectivity index is 1.99. The lowest BCUT2D eigenvalue weighted by Crippen LogP contribution is -2.39. The minimum atomic E-state index is -3.88. The van der Waals surface area contributed by atoms with Gasteiger partial charge in [-0.3, -0.25) is 4.79 Å². The van der Waals surface area contributed by atoms with Crippen molar-refractivity contribution in [3.05, 3.63) is 43.8 Å². The number of aromatic amines is 1. The van der Waals surface area contributed by atoms with Gasteiger partial charge in [-0.15, -0.1) is 11.3 Å². The van der Waals surface area contributed by atoms with E-state index in [-0.39, 0.29) is 34.8 Å². The summed E-state index contributed by atoms with van der Waals surface area (Å²) in [5.41, 5.74) is 0.715. The van der Waals surface area contributed by atoms with Crippen LogP contribution in [0.1, 0.15) is 26.8 Å². The number of hydrogen-bond acceptors (Lipinski definition) is 7. The van der Waals surface area contributed by atoms with Gasteiger partial charge in [-0.2, -0.15) is 4.31 Å². The molecule has 0 bridgehead atoms. The highest BCUT2D eigenvalue weighted by molar-refractivity contribution is 7.89. The molecule has 3 heterocycles. The molecular formula is C14H15N3O5S2. The van der Waals surface area contributed by atoms with E-state index in [1.54, 1.807) is 6.92 Å². The predicted octanol–water partition coefficient (Wildman–Crippen LogP) is 0.673. The molecule has 1 N–H and O–H groups in total. The number of aryl methyl sites for hydroxylation is 1. The Morgan fingerprint density at radius 1 is 1.46 bits per heavy atom. The fraction of sp³-hybridized carbons (Fsp3) is 0.357. The molecule has 2 aromatic rings. The van der Waals surface area contributed by atoms with E-state index >= 15 is 0 Å². The van der Waals surface area contributed by atoms with Gasteiger partial charge in [0, 0.05) is 12.1 Å². The molecule has 0 unspecified atom stereocenters. The zero-order chi connectivity index (χ0) is 17.5. The van der Waals surface area contributed by atoms with Crippen LogP contribution in [0.15, 0.2) is 21.1 Å². The van der Waals surface area contributed by atoms with Crippen LogP contribution >= 0.6 is 11.3 Å². The molecule has 0 spiro atoms. The summed E-state index contributed by atoms with van der Waals surface area (Å²) in [7, 11) is -2.68. The molecule has 2 aromatic heterocycles. The Hall–Kier alpha value is -2.04. The van der Waals surface area contributed by atoms with Crippen molar-refractivity contribution in [2.45, 2.75) is 24.8 Å². The third-order valence-corrected chi connectivity index (χ3v) is 6.69. The van der Waals surface area contributed by atoms with Crippen molar-refractivity contribution in [3.8, 4) is 0 Å². The summed E-state index contributed by atoms with van der Waals surface area (Å²) in [4.78, 5) is 30.5. The van der Waals surface area contributed by atoms with E-state index in [1.807, 2.05) is 0 Å². The van der Waals surface area contributed by atoms with Gasteiger partial charge < -0.3 is 9.72 Å². The van der Waals surface area contributed by atoms with Crippen LogP contribution in [0.3, 0.4) is 0 Å². The molecule has 3 rings (SSSR count). The number of fused-ring (bicyclic) bond motifs is 1. The number of esters is 1. The third kappa shape index (κ3) is 2.76. The molecule has 0 saturated heterocycles. The molecule has 128 valence electrons. The second-order valence-corrected chi connectivity index (χ2v) is 8.09. The van der Waals surface area contributed by atoms with Gasteiger partial charge in [0.2, 0.25) is 10.0 Å². The quantitative estimate of drug-likeness (QED) is 0.797. The molecule has 0 fully saturated rings. The zero-order valence-corrected chi connectivity index (χ0v) is 14.7. The average molecular weight is 369 g/mol. The summed E-state index contributed by atoms with van der Waals surface area (Å²) in [5, 5.41) is 1.53. The lowest BCUT2D eigenvalue weighted by molar-refractivity contribution is 0.0602. The van der Waals surface area contributed by atoms with Gasteiger partial charge in [0.1, 0.15) is 15.6 Å². The topological polar surface area (TPSA) is 109 Å². The van der Waals surface area contributed by atoms with E-state index in [0.717, 1.165) is 11.3 Å². The number of aromatic nitrogens is 2. The first-order valence-electron chi connectivity index (χ1n) is 7.09. The van der Waals surface area contributed by atoms with E-state index in [0.29, 0.717) is 17.1 Å². The van der Waals surface area contributed by atoms with Gasteiger partial charge in [-0.25, -0.2) is 18.2 Å². The Labute approximate surface area is 142 Å². The lowest BCUT2D eigenvalue weighted by Gasteiger charge is -2.26. The van der Waals surface area contributed by atoms with Crippen LogP contribution < -0.4 is 5.56 Å². The van der Waals surface area contributed by atoms with E-state index in [2.05, 4.69) is 14.7 Å². The molecule has 0 aromatic carbocycles. The van der Waals surface area contributed by atoms with Crippen LogP contribution in [0.25, 0.3) is 0 Å². The Kier molecular flexibility index (Phi) is 4.28. The van der Waals surface area contributed by atoms with Crippen molar-refractivity contribution in [1.82, 2.24) is 14.3 Å². The van der Waals surface area contributed by atoms with Crippen molar-refractivity contribution in [1.29, 1.82) is 0 Å². The highest BCUT2D eigenvalue weighted by atomic mass is 32.2. The lowest BCUT2D eigenvalue weighted by atomic mass is 10.1. The fourth-order valence-corrected chi connectivity index (χ4v) is 5.34. The van der Waals surface area contributed by atoms with Crippen LogP contribution in [0.4, 0.5) is 0 Å². The number of thiophene rings is 1. The minimum Gasteiger partial charge on any atom is -0.465 e. The van der Waals surface area contributed by atoms with Gasteiger partial charge in [-0.1, -0.05) is 0 Å². The second-order valence-electron chi connectivity index (χ2n) is 5.27. The molecule has 1 aliphatic rings. The number of ether oxygens (including phenoxy) is 1. The van der Waals surface area contributed by atoms with E-state index in [4.69, 9.17) is 0 Å². The summed E-state index contributed by atoms with van der Waals surface area (Å²) in [6.45, 7) is 1.79. The molecule has 8 nitrogen and oxygen atoms in total. The van der Waals surface area contributed by atoms with Gasteiger partial charge >= 0.3 is 5.97 Å². The van der Waals surface area contributed by atoms with E-state index < -0.39 is 16.0 Å². The standard InChI is InChI=1S/C14H15N3O5S2/c1-8-15-10-7-17(5-3-9(10)13(18)16-8)24(20,21)11-4-6-23-12(11)14(19)22-2/h4,6H,3,5,7H2,1-2H3,(H,15,16,18). The van der Waals surface area contributed by atoms with Crippen molar-refractivity contribution < 1.29 is 17.9 Å². The van der Waals surface area contributed by atoms with Crippen molar-refractivity contribution in [3.63, 3.8) is 0 Å². The maximum absolute atomic E-state index is 12.9. The number of carbonyl (C=O) groups excluding carboxylic acids is 1. The van der Waals surface area contributed by atoms with Crippen LogP contribution in [-0.4, -0.2) is 42.3 Å². The normalized spacial score (nSPS) is 15.1. The van der Waals surface area contributed by atoms with Gasteiger partial charge in [0.15, 0.2) is 0 Å². The van der Waals surface area contributed by atoms with Crippen LogP contribution in [0.2, 0.25) is 0 Å². The number of rotatable bonds is 3. The van der Waals surface area contributed by atoms with E-state index in [1.165, 1.54) is 22.9 Å². The fourth-order valence-electron chi connectivity index (χ4n) is 2.63. The van der Waals surface area contributed by atoms with Gasteiger partial charge in [-0.05, 0) is 24.8 Å². The first-order valence-corrected chi connectivity index (χ1v) is 9.41. The SMILES string of the molecule is COC(=O)c1sccc1S(=O)(=O)N1CCc2c(nc(C)[nH]c2=O)C1. The van der Waals surface area contributed by atoms with Crippen LogP contribution in [-0.2, 0) is 27.7 Å². The largest absolute Gasteiger partial charge is 0.465 e. The monoisotopic (exact) mass is 369 g/mol. The molecule has 24 heavy (non-hydrogen) atoms. The van der Waals surface area contributed by atoms with Crippen LogP contribution in [0.5, 0.6) is 0 Å². The van der Waals surface area contributed by atoms with Crippen molar-refractivity contribution in [2.24, 2.45) is 0 Å². The molecular weight excluding hydrogens is 354 g/mol. The van der Waals surface area contributed by atoms with Gasteiger partial charge in [0.05, 0.1) is 19.3 Å². The number of hydrogen-bond donors (Lipinski definition) is 1. The molecule has 0 amide bonds. The van der Waals surface area contributed by atoms with Gasteiger partial charge in [0.25, 0.3) is 5.56 Å². The number of H-pyrrole nitrogens is 1. The molecule has 0 aliphatic carbocycles. The van der Waals surface area contributed by atoms with Crippen LogP contribution in [0, 0.1) is 6.92 Å². The Morgan fingerprint density at radius 3 is 2.92 bits per heavy atom. The maximum Gasteiger partial charge on any atom is 0.349 e. The number of methoxy groups -OCH3 is 1. The van der Waals surface area contributed by atoms with Crippen molar-refractivity contribution in [2.75, 3.05) is 13.7 Å². The average Bonchev–Trinajstić information content (AvgIpc) is 3.03. The summed E-state index contributed by atoms with van der Waals surface area (Å²) >= 11 is 1.01. The summed E-state index contributed by atoms with van der Waals surface area (Å²) < 4.78 is 31.6. The molecule has 1 aliphatic heterocycles. The molecule has 10 heteroatoms. The number of sulfonamides is 1. The highest BCUT2D eigenvalue weighted by Crippen LogP contribution is 2.28. The highest BCUT2D eigenvalue weighted by Gasteiger charge is 2.34. The maximum atomic E-state index is 12.9. The first-order chi connectivity index (χ1) is 11.3. The summed E-state index contributed by atoms with van der Waals surface area (Å²) in [6, 6.07) is 1.39. The Morgan fingerprint density at radius 2 is 2.21 bits per heavy atom. The molecule has 0 radical (unpaired) electrons. The van der Waals surface area contributed by atoms with E-state index in [9.17, 15) is 18.0 Å². The smallest absolute Gasteiger partial charge is 0.349 e. The molecule has 0 saturated carbocycles. The zero-order valence-electron chi connectivity index (χ0n) is 13.0. The third-order valence-electron chi connectivity index (χ3n) is 3.77. The summed E-state index contributed by atoms with van der Waals surface area (Å²) in [6.07, 6.45) is 0.273. The number of nitrogens with one attached hydrogen (secondary N) is 1. The minimum absolute atomic E-state index is 0.00111.